The number of aromatic nitrogens is 2. The summed E-state index contributed by atoms with van der Waals surface area (Å²) in [5.41, 5.74) is 1.35. The Bertz CT molecular complexity index is 381. The summed E-state index contributed by atoms with van der Waals surface area (Å²) in [7, 11) is 2.20. The number of imidazole rings is 1. The van der Waals surface area contributed by atoms with E-state index in [9.17, 15) is 0 Å². The zero-order valence-electron chi connectivity index (χ0n) is 11.3. The van der Waals surface area contributed by atoms with Gasteiger partial charge in [-0.15, -0.1) is 0 Å². The van der Waals surface area contributed by atoms with Gasteiger partial charge in [-0.05, 0) is 51.9 Å². The number of hydrogen-bond donors (Lipinski definition) is 2. The smallest absolute Gasteiger partial charge is 0.106 e. The van der Waals surface area contributed by atoms with Crippen molar-refractivity contribution in [3.8, 4) is 0 Å². The zero-order chi connectivity index (χ0) is 12.4. The highest BCUT2D eigenvalue weighted by Gasteiger charge is 2.23. The molecule has 1 aromatic heterocycles. The fourth-order valence-corrected chi connectivity index (χ4v) is 3.24. The first-order chi connectivity index (χ1) is 8.81. The molecular formula is C14H24N4. The molecule has 18 heavy (non-hydrogen) atoms. The summed E-state index contributed by atoms with van der Waals surface area (Å²) in [5, 5.41) is 3.42. The minimum absolute atomic E-state index is 0.671. The molecule has 0 saturated carbocycles. The van der Waals surface area contributed by atoms with Gasteiger partial charge in [-0.2, -0.15) is 0 Å². The van der Waals surface area contributed by atoms with Crippen LogP contribution in [-0.4, -0.2) is 48.1 Å². The number of nitrogens with one attached hydrogen (secondary N) is 2. The van der Waals surface area contributed by atoms with E-state index in [2.05, 4.69) is 33.4 Å². The summed E-state index contributed by atoms with van der Waals surface area (Å²) in [5.74, 6) is 2.69. The van der Waals surface area contributed by atoms with E-state index < -0.39 is 0 Å². The number of rotatable bonds is 3. The molecule has 4 heteroatoms. The van der Waals surface area contributed by atoms with Crippen molar-refractivity contribution in [3.05, 3.63) is 17.7 Å². The molecule has 100 valence electrons. The third-order valence-corrected chi connectivity index (χ3v) is 4.42. The van der Waals surface area contributed by atoms with E-state index in [0.29, 0.717) is 5.92 Å². The van der Waals surface area contributed by atoms with Crippen molar-refractivity contribution in [2.75, 3.05) is 33.2 Å². The Morgan fingerprint density at radius 3 is 2.89 bits per heavy atom. The lowest BCUT2D eigenvalue weighted by atomic mass is 9.94. The summed E-state index contributed by atoms with van der Waals surface area (Å²) in [6.45, 7) is 4.74. The van der Waals surface area contributed by atoms with Crippen molar-refractivity contribution in [1.29, 1.82) is 0 Å². The molecule has 1 atom stereocenters. The van der Waals surface area contributed by atoms with E-state index >= 15 is 0 Å². The Kier molecular flexibility index (Phi) is 3.66. The molecule has 3 rings (SSSR count). The number of aromatic amines is 1. The van der Waals surface area contributed by atoms with Crippen LogP contribution in [0.1, 0.15) is 36.7 Å². The van der Waals surface area contributed by atoms with Crippen molar-refractivity contribution in [3.63, 3.8) is 0 Å². The maximum atomic E-state index is 4.59. The molecule has 1 unspecified atom stereocenters. The molecule has 2 N–H and O–H groups in total. The van der Waals surface area contributed by atoms with Crippen LogP contribution >= 0.6 is 0 Å². The SMILES string of the molecule is CN1CCC(c2cnc(CC3CCNCC3)[nH]2)C1. The van der Waals surface area contributed by atoms with Crippen LogP contribution in [0.4, 0.5) is 0 Å². The van der Waals surface area contributed by atoms with Gasteiger partial charge in [0.15, 0.2) is 0 Å². The molecule has 4 nitrogen and oxygen atoms in total. The van der Waals surface area contributed by atoms with Gasteiger partial charge < -0.3 is 15.2 Å². The highest BCUT2D eigenvalue weighted by molar-refractivity contribution is 5.10. The summed E-state index contributed by atoms with van der Waals surface area (Å²) < 4.78 is 0. The van der Waals surface area contributed by atoms with Crippen LogP contribution in [0.2, 0.25) is 0 Å². The van der Waals surface area contributed by atoms with Gasteiger partial charge >= 0.3 is 0 Å². The van der Waals surface area contributed by atoms with Crippen molar-refractivity contribution in [1.82, 2.24) is 20.2 Å². The van der Waals surface area contributed by atoms with Crippen LogP contribution in [0.25, 0.3) is 0 Å². The third kappa shape index (κ3) is 2.75. The lowest BCUT2D eigenvalue weighted by Crippen LogP contribution is -2.28. The van der Waals surface area contributed by atoms with Crippen LogP contribution in [-0.2, 0) is 6.42 Å². The molecule has 0 amide bonds. The summed E-state index contributed by atoms with van der Waals surface area (Å²) in [4.78, 5) is 10.6. The predicted molar refractivity (Wildman–Crippen MR) is 72.7 cm³/mol. The highest BCUT2D eigenvalue weighted by atomic mass is 15.1. The standard InChI is InChI=1S/C14H24N4/c1-18-7-4-12(10-18)13-9-16-14(17-13)8-11-2-5-15-6-3-11/h9,11-12,15H,2-8,10H2,1H3,(H,16,17). The molecule has 2 saturated heterocycles. The van der Waals surface area contributed by atoms with Crippen LogP contribution < -0.4 is 5.32 Å². The van der Waals surface area contributed by atoms with E-state index in [1.165, 1.54) is 57.0 Å². The Balaban J connectivity index is 1.59. The monoisotopic (exact) mass is 248 g/mol. The summed E-state index contributed by atoms with van der Waals surface area (Å²) in [6, 6.07) is 0. The predicted octanol–water partition coefficient (Wildman–Crippen LogP) is 1.37. The lowest BCUT2D eigenvalue weighted by molar-refractivity contribution is 0.367. The molecule has 0 aliphatic carbocycles. The van der Waals surface area contributed by atoms with Crippen molar-refractivity contribution in [2.24, 2.45) is 5.92 Å². The Morgan fingerprint density at radius 1 is 1.33 bits per heavy atom. The van der Waals surface area contributed by atoms with Gasteiger partial charge in [-0.3, -0.25) is 0 Å². The minimum Gasteiger partial charge on any atom is -0.346 e. The Morgan fingerprint density at radius 2 is 2.17 bits per heavy atom. The average molecular weight is 248 g/mol. The fourth-order valence-electron chi connectivity index (χ4n) is 3.24. The molecule has 1 aromatic rings. The second kappa shape index (κ2) is 5.41. The number of hydrogen-bond acceptors (Lipinski definition) is 3. The quantitative estimate of drug-likeness (QED) is 0.849. The first kappa shape index (κ1) is 12.2. The average Bonchev–Trinajstić information content (AvgIpc) is 2.99. The van der Waals surface area contributed by atoms with Gasteiger partial charge in [0.1, 0.15) is 5.82 Å². The van der Waals surface area contributed by atoms with Crippen molar-refractivity contribution in [2.45, 2.75) is 31.6 Å². The first-order valence-corrected chi connectivity index (χ1v) is 7.24. The summed E-state index contributed by atoms with van der Waals surface area (Å²) in [6.07, 6.45) is 7.06. The zero-order valence-corrected chi connectivity index (χ0v) is 11.3. The number of H-pyrrole nitrogens is 1. The molecule has 0 radical (unpaired) electrons. The first-order valence-electron chi connectivity index (χ1n) is 7.24. The topological polar surface area (TPSA) is 44.0 Å². The Hall–Kier alpha value is -0.870. The molecule has 0 aromatic carbocycles. The minimum atomic E-state index is 0.671. The van der Waals surface area contributed by atoms with E-state index in [-0.39, 0.29) is 0 Å². The third-order valence-electron chi connectivity index (χ3n) is 4.42. The normalized spacial score (nSPS) is 26.8. The summed E-state index contributed by atoms with van der Waals surface area (Å²) >= 11 is 0. The van der Waals surface area contributed by atoms with E-state index in [0.717, 1.165) is 12.3 Å². The van der Waals surface area contributed by atoms with Crippen LogP contribution in [0.5, 0.6) is 0 Å². The lowest BCUT2D eigenvalue weighted by Gasteiger charge is -2.21. The Labute approximate surface area is 109 Å². The van der Waals surface area contributed by atoms with Crippen molar-refractivity contribution < 1.29 is 0 Å². The second-order valence-electron chi connectivity index (χ2n) is 5.93. The molecule has 0 spiro atoms. The fraction of sp³-hybridized carbons (Fsp3) is 0.786. The van der Waals surface area contributed by atoms with Crippen molar-refractivity contribution >= 4 is 0 Å². The van der Waals surface area contributed by atoms with E-state index in [4.69, 9.17) is 0 Å². The van der Waals surface area contributed by atoms with Crippen LogP contribution in [0.15, 0.2) is 6.20 Å². The van der Waals surface area contributed by atoms with Gasteiger partial charge in [0.05, 0.1) is 0 Å². The maximum Gasteiger partial charge on any atom is 0.106 e. The largest absolute Gasteiger partial charge is 0.346 e. The van der Waals surface area contributed by atoms with Crippen LogP contribution in [0, 0.1) is 5.92 Å². The molecular weight excluding hydrogens is 224 g/mol. The van der Waals surface area contributed by atoms with Gasteiger partial charge in [0, 0.05) is 30.8 Å². The van der Waals surface area contributed by atoms with Gasteiger partial charge in [0.25, 0.3) is 0 Å². The maximum absolute atomic E-state index is 4.59. The number of nitrogens with zero attached hydrogens (tertiary/aromatic N) is 2. The molecule has 2 aliphatic heterocycles. The molecule has 3 heterocycles. The molecule has 0 bridgehead atoms. The van der Waals surface area contributed by atoms with E-state index in [1.807, 2.05) is 0 Å². The molecule has 2 fully saturated rings. The second-order valence-corrected chi connectivity index (χ2v) is 5.93. The molecule has 2 aliphatic rings. The van der Waals surface area contributed by atoms with Gasteiger partial charge in [0.2, 0.25) is 0 Å². The van der Waals surface area contributed by atoms with Crippen LogP contribution in [0.3, 0.4) is 0 Å². The van der Waals surface area contributed by atoms with E-state index in [1.54, 1.807) is 0 Å². The number of piperidine rings is 1. The number of likely N-dealkylation sites (tertiary alicyclic amines) is 1. The number of likely N-dealkylation sites (N-methyl/N-ethyl adjacent to an activating group) is 1. The highest BCUT2D eigenvalue weighted by Crippen LogP contribution is 2.25. The van der Waals surface area contributed by atoms with Gasteiger partial charge in [-0.25, -0.2) is 4.98 Å². The van der Waals surface area contributed by atoms with Gasteiger partial charge in [-0.1, -0.05) is 0 Å².